The highest BCUT2D eigenvalue weighted by atomic mass is 32.1. The Morgan fingerprint density at radius 3 is 2.95 bits per heavy atom. The largest absolute Gasteiger partial charge is 0.362 e. The van der Waals surface area contributed by atoms with Gasteiger partial charge in [-0.05, 0) is 23.9 Å². The Morgan fingerprint density at radius 1 is 1.24 bits per heavy atom. The van der Waals surface area contributed by atoms with Crippen LogP contribution < -0.4 is 10.9 Å². The van der Waals surface area contributed by atoms with Crippen LogP contribution in [0.2, 0.25) is 0 Å². The molecular formula is C16H17N3OS. The van der Waals surface area contributed by atoms with Crippen LogP contribution >= 0.6 is 11.3 Å². The minimum Gasteiger partial charge on any atom is -0.362 e. The van der Waals surface area contributed by atoms with Crippen LogP contribution in [0.3, 0.4) is 0 Å². The summed E-state index contributed by atoms with van der Waals surface area (Å²) in [4.78, 5) is 17.6. The summed E-state index contributed by atoms with van der Waals surface area (Å²) in [5, 5.41) is 5.26. The lowest BCUT2D eigenvalue weighted by molar-refractivity contribution is 0.805. The van der Waals surface area contributed by atoms with Crippen molar-refractivity contribution in [3.63, 3.8) is 0 Å². The molecule has 0 bridgehead atoms. The number of benzene rings is 1. The van der Waals surface area contributed by atoms with Crippen molar-refractivity contribution in [2.75, 3.05) is 11.9 Å². The van der Waals surface area contributed by atoms with E-state index in [4.69, 9.17) is 0 Å². The van der Waals surface area contributed by atoms with Crippen LogP contribution in [0.4, 0.5) is 5.13 Å². The topological polar surface area (TPSA) is 46.9 Å². The number of thiazole rings is 1. The molecule has 21 heavy (non-hydrogen) atoms. The summed E-state index contributed by atoms with van der Waals surface area (Å²) < 4.78 is 1.80. The van der Waals surface area contributed by atoms with Gasteiger partial charge in [-0.2, -0.15) is 0 Å². The van der Waals surface area contributed by atoms with Crippen molar-refractivity contribution in [3.05, 3.63) is 57.8 Å². The Kier molecular flexibility index (Phi) is 4.01. The van der Waals surface area contributed by atoms with E-state index in [0.29, 0.717) is 6.54 Å². The normalized spacial score (nSPS) is 10.9. The number of para-hydroxylation sites is 1. The van der Waals surface area contributed by atoms with Crippen molar-refractivity contribution in [2.24, 2.45) is 0 Å². The smallest absolute Gasteiger partial charge is 0.251 e. The molecule has 1 aromatic carbocycles. The van der Waals surface area contributed by atoms with Crippen LogP contribution in [-0.4, -0.2) is 16.1 Å². The van der Waals surface area contributed by atoms with Gasteiger partial charge in [-0.15, -0.1) is 11.3 Å². The standard InChI is InChI=1S/C16H17N3OS/c1-2-9-17-16-18-10-13(21-16)11-19-14-6-4-3-5-12(14)7-8-15(19)20/h3-8,10H,2,9,11H2,1H3,(H,17,18). The minimum atomic E-state index is 0.0187. The molecule has 2 aromatic heterocycles. The van der Waals surface area contributed by atoms with Crippen LogP contribution in [0, 0.1) is 0 Å². The number of pyridine rings is 1. The van der Waals surface area contributed by atoms with E-state index in [0.717, 1.165) is 33.9 Å². The summed E-state index contributed by atoms with van der Waals surface area (Å²) in [6.45, 7) is 3.60. The minimum absolute atomic E-state index is 0.0187. The van der Waals surface area contributed by atoms with Gasteiger partial charge < -0.3 is 9.88 Å². The van der Waals surface area contributed by atoms with Gasteiger partial charge in [0, 0.05) is 23.7 Å². The van der Waals surface area contributed by atoms with Gasteiger partial charge in [-0.25, -0.2) is 4.98 Å². The Hall–Kier alpha value is -2.14. The molecule has 0 spiro atoms. The molecule has 108 valence electrons. The van der Waals surface area contributed by atoms with Crippen LogP contribution in [0.1, 0.15) is 18.2 Å². The van der Waals surface area contributed by atoms with Crippen LogP contribution in [0.5, 0.6) is 0 Å². The molecule has 0 aliphatic heterocycles. The van der Waals surface area contributed by atoms with Gasteiger partial charge in [0.1, 0.15) is 0 Å². The maximum atomic E-state index is 12.1. The third kappa shape index (κ3) is 2.97. The van der Waals surface area contributed by atoms with E-state index >= 15 is 0 Å². The van der Waals surface area contributed by atoms with Gasteiger partial charge in [-0.3, -0.25) is 4.79 Å². The Labute approximate surface area is 127 Å². The number of aromatic nitrogens is 2. The molecule has 0 unspecified atom stereocenters. The van der Waals surface area contributed by atoms with E-state index in [-0.39, 0.29) is 5.56 Å². The number of nitrogens with one attached hydrogen (secondary N) is 1. The summed E-state index contributed by atoms with van der Waals surface area (Å²) in [6.07, 6.45) is 2.91. The Bertz CT molecular complexity index is 806. The molecule has 5 heteroatoms. The summed E-state index contributed by atoms with van der Waals surface area (Å²) in [5.74, 6) is 0. The molecule has 0 amide bonds. The fourth-order valence-corrected chi connectivity index (χ4v) is 3.08. The van der Waals surface area contributed by atoms with E-state index in [1.165, 1.54) is 0 Å². The molecule has 0 saturated heterocycles. The predicted octanol–water partition coefficient (Wildman–Crippen LogP) is 3.33. The molecular weight excluding hydrogens is 282 g/mol. The first-order valence-corrected chi connectivity index (χ1v) is 7.87. The summed E-state index contributed by atoms with van der Waals surface area (Å²) in [7, 11) is 0. The van der Waals surface area contributed by atoms with Crippen molar-refractivity contribution in [2.45, 2.75) is 19.9 Å². The molecule has 3 aromatic rings. The fourth-order valence-electron chi connectivity index (χ4n) is 2.26. The lowest BCUT2D eigenvalue weighted by atomic mass is 10.2. The van der Waals surface area contributed by atoms with E-state index in [9.17, 15) is 4.79 Å². The zero-order valence-corrected chi connectivity index (χ0v) is 12.7. The number of hydrogen-bond acceptors (Lipinski definition) is 4. The third-order valence-electron chi connectivity index (χ3n) is 3.29. The van der Waals surface area contributed by atoms with Gasteiger partial charge in [0.15, 0.2) is 5.13 Å². The summed E-state index contributed by atoms with van der Waals surface area (Å²) in [6, 6.07) is 11.4. The second-order valence-corrected chi connectivity index (χ2v) is 5.99. The first-order valence-electron chi connectivity index (χ1n) is 7.05. The van der Waals surface area contributed by atoms with Crippen LogP contribution in [0.15, 0.2) is 47.4 Å². The van der Waals surface area contributed by atoms with Crippen molar-refractivity contribution < 1.29 is 0 Å². The molecule has 0 saturated carbocycles. The second kappa shape index (κ2) is 6.10. The number of hydrogen-bond donors (Lipinski definition) is 1. The number of nitrogens with zero attached hydrogens (tertiary/aromatic N) is 2. The quantitative estimate of drug-likeness (QED) is 0.786. The van der Waals surface area contributed by atoms with Crippen molar-refractivity contribution in [1.82, 2.24) is 9.55 Å². The molecule has 0 aliphatic rings. The van der Waals surface area contributed by atoms with Gasteiger partial charge in [0.2, 0.25) is 0 Å². The molecule has 0 atom stereocenters. The van der Waals surface area contributed by atoms with E-state index in [1.54, 1.807) is 22.0 Å². The molecule has 0 fully saturated rings. The second-order valence-electron chi connectivity index (χ2n) is 4.88. The van der Waals surface area contributed by atoms with E-state index < -0.39 is 0 Å². The van der Waals surface area contributed by atoms with Crippen molar-refractivity contribution in [3.8, 4) is 0 Å². The van der Waals surface area contributed by atoms with Crippen LogP contribution in [0.25, 0.3) is 10.9 Å². The predicted molar refractivity (Wildman–Crippen MR) is 88.2 cm³/mol. The highest BCUT2D eigenvalue weighted by Crippen LogP contribution is 2.20. The molecule has 2 heterocycles. The van der Waals surface area contributed by atoms with Gasteiger partial charge in [0.05, 0.1) is 12.1 Å². The highest BCUT2D eigenvalue weighted by molar-refractivity contribution is 7.15. The highest BCUT2D eigenvalue weighted by Gasteiger charge is 2.06. The first kappa shape index (κ1) is 13.8. The maximum Gasteiger partial charge on any atom is 0.251 e. The number of rotatable bonds is 5. The summed E-state index contributed by atoms with van der Waals surface area (Å²) in [5.41, 5.74) is 0.978. The number of anilines is 1. The SMILES string of the molecule is CCCNc1ncc(Cn2c(=O)ccc3ccccc32)s1. The lowest BCUT2D eigenvalue weighted by Gasteiger charge is -2.08. The lowest BCUT2D eigenvalue weighted by Crippen LogP contribution is -2.19. The summed E-state index contributed by atoms with van der Waals surface area (Å²) >= 11 is 1.60. The zero-order valence-electron chi connectivity index (χ0n) is 11.9. The maximum absolute atomic E-state index is 12.1. The van der Waals surface area contributed by atoms with E-state index in [1.807, 2.05) is 36.5 Å². The molecule has 3 rings (SSSR count). The Morgan fingerprint density at radius 2 is 2.10 bits per heavy atom. The van der Waals surface area contributed by atoms with Crippen molar-refractivity contribution in [1.29, 1.82) is 0 Å². The average molecular weight is 299 g/mol. The third-order valence-corrected chi connectivity index (χ3v) is 4.23. The fraction of sp³-hybridized carbons (Fsp3) is 0.250. The van der Waals surface area contributed by atoms with Gasteiger partial charge in [-0.1, -0.05) is 25.1 Å². The monoisotopic (exact) mass is 299 g/mol. The van der Waals surface area contributed by atoms with Crippen molar-refractivity contribution >= 4 is 27.4 Å². The molecule has 4 nitrogen and oxygen atoms in total. The van der Waals surface area contributed by atoms with E-state index in [2.05, 4.69) is 17.2 Å². The zero-order chi connectivity index (χ0) is 14.7. The average Bonchev–Trinajstić information content (AvgIpc) is 2.96. The first-order chi connectivity index (χ1) is 10.3. The molecule has 1 N–H and O–H groups in total. The van der Waals surface area contributed by atoms with Gasteiger partial charge >= 0.3 is 0 Å². The van der Waals surface area contributed by atoms with Gasteiger partial charge in [0.25, 0.3) is 5.56 Å². The molecule has 0 radical (unpaired) electrons. The van der Waals surface area contributed by atoms with Crippen LogP contribution in [-0.2, 0) is 6.54 Å². The molecule has 0 aliphatic carbocycles. The number of fused-ring (bicyclic) bond motifs is 1. The Balaban J connectivity index is 1.92.